The van der Waals surface area contributed by atoms with Crippen LogP contribution in [0.1, 0.15) is 9.59 Å². The molecule has 0 aromatic carbocycles. The summed E-state index contributed by atoms with van der Waals surface area (Å²) < 4.78 is 171. The van der Waals surface area contributed by atoms with Crippen molar-refractivity contribution < 1.29 is 71.1 Å². The normalized spacial score (nSPS) is 13.8. The van der Waals surface area contributed by atoms with E-state index in [-0.39, 0.29) is 9.13 Å². The van der Waals surface area contributed by atoms with Crippen molar-refractivity contribution in [1.82, 2.24) is 19.1 Å². The molecule has 0 fully saturated rings. The predicted octanol–water partition coefficient (Wildman–Crippen LogP) is 4.71. The lowest BCUT2D eigenvalue weighted by molar-refractivity contribution is -0.340. The molecule has 2 aromatic heterocycles. The fourth-order valence-electron chi connectivity index (χ4n) is 1.71. The summed E-state index contributed by atoms with van der Waals surface area (Å²) in [5.41, 5.74) is 0. The lowest BCUT2D eigenvalue weighted by Crippen LogP contribution is -2.57. The number of imidazole rings is 2. The first-order valence-electron chi connectivity index (χ1n) is 7.73. The minimum Gasteiger partial charge on any atom is -0.271 e. The zero-order valence-corrected chi connectivity index (χ0v) is 15.4. The van der Waals surface area contributed by atoms with Crippen molar-refractivity contribution in [3.63, 3.8) is 0 Å². The van der Waals surface area contributed by atoms with Gasteiger partial charge in [-0.25, -0.2) is 9.97 Å². The summed E-state index contributed by atoms with van der Waals surface area (Å²) in [5, 5.41) is 0. The molecule has 34 heavy (non-hydrogen) atoms. The number of halogens is 14. The Labute approximate surface area is 176 Å². The first-order chi connectivity index (χ1) is 15.0. The number of hydrogen-bond acceptors (Lipinski definition) is 4. The van der Waals surface area contributed by atoms with Crippen LogP contribution in [0.2, 0.25) is 0 Å². The van der Waals surface area contributed by atoms with Crippen LogP contribution in [0.25, 0.3) is 0 Å². The molecule has 2 rings (SSSR count). The topological polar surface area (TPSA) is 69.8 Å². The van der Waals surface area contributed by atoms with Gasteiger partial charge in [-0.3, -0.25) is 18.7 Å². The van der Waals surface area contributed by atoms with E-state index in [4.69, 9.17) is 0 Å². The van der Waals surface area contributed by atoms with Gasteiger partial charge >= 0.3 is 47.9 Å². The second-order valence-corrected chi connectivity index (χ2v) is 5.84. The molecule has 0 amide bonds. The molecule has 0 aliphatic carbocycles. The summed E-state index contributed by atoms with van der Waals surface area (Å²) in [6, 6.07) is 0. The van der Waals surface area contributed by atoms with E-state index in [1.54, 1.807) is 0 Å². The van der Waals surface area contributed by atoms with E-state index in [2.05, 4.69) is 9.97 Å². The van der Waals surface area contributed by atoms with Crippen molar-refractivity contribution in [3.05, 3.63) is 37.4 Å². The summed E-state index contributed by atoms with van der Waals surface area (Å²) >= 11 is 0. The Balaban J connectivity index is 0.000000340. The van der Waals surface area contributed by atoms with Crippen LogP contribution >= 0.6 is 0 Å². The van der Waals surface area contributed by atoms with Crippen molar-refractivity contribution in [2.45, 2.75) is 36.0 Å². The molecule has 0 bridgehead atoms. The van der Waals surface area contributed by atoms with E-state index < -0.39 is 47.9 Å². The quantitative estimate of drug-likeness (QED) is 0.540. The van der Waals surface area contributed by atoms with Gasteiger partial charge in [-0.1, -0.05) is 0 Å². The molecule has 0 radical (unpaired) electrons. The number of carbonyl (C=O) groups is 2. The van der Waals surface area contributed by atoms with E-state index in [1.165, 1.54) is 0 Å². The van der Waals surface area contributed by atoms with Crippen LogP contribution in [-0.4, -0.2) is 67.0 Å². The van der Waals surface area contributed by atoms with Gasteiger partial charge in [0.05, 0.1) is 0 Å². The summed E-state index contributed by atoms with van der Waals surface area (Å²) in [6.07, 6.45) is -9.67. The fraction of sp³-hybridized carbons (Fsp3) is 0.429. The predicted molar refractivity (Wildman–Crippen MR) is 77.6 cm³/mol. The minimum atomic E-state index is -6.53. The smallest absolute Gasteiger partial charge is 0.271 e. The van der Waals surface area contributed by atoms with Crippen LogP contribution < -0.4 is 0 Å². The van der Waals surface area contributed by atoms with E-state index in [0.717, 1.165) is 12.4 Å². The Bertz CT molecular complexity index is 897. The van der Waals surface area contributed by atoms with Crippen LogP contribution in [0.15, 0.2) is 37.4 Å². The minimum absolute atomic E-state index is 0.153. The van der Waals surface area contributed by atoms with Gasteiger partial charge in [0.2, 0.25) is 0 Å². The van der Waals surface area contributed by atoms with Crippen molar-refractivity contribution in [2.75, 3.05) is 0 Å². The molecule has 6 nitrogen and oxygen atoms in total. The Morgan fingerprint density at radius 3 is 0.971 bits per heavy atom. The average Bonchev–Trinajstić information content (AvgIpc) is 3.39. The molecular weight excluding hydrogens is 522 g/mol. The number of hydrogen-bond donors (Lipinski definition) is 0. The second kappa shape index (κ2) is 8.85. The van der Waals surface area contributed by atoms with Gasteiger partial charge in [0, 0.05) is 24.8 Å². The highest BCUT2D eigenvalue weighted by Crippen LogP contribution is 2.48. The molecule has 0 spiro atoms. The van der Waals surface area contributed by atoms with Crippen LogP contribution in [0, 0.1) is 0 Å². The highest BCUT2D eigenvalue weighted by molar-refractivity contribution is 5.87. The number of nitrogens with zero attached hydrogens (tertiary/aromatic N) is 4. The SMILES string of the molecule is O=C(n1ccnc1)C(F)(F)C(F)(F)C(F)(F)F.O=C(n1ccnc1)C(F)(F)C(F)(F)C(F)(F)F. The molecule has 20 heteroatoms. The Morgan fingerprint density at radius 2 is 0.794 bits per heavy atom. The molecule has 0 N–H and O–H groups in total. The van der Waals surface area contributed by atoms with Crippen LogP contribution in [0.5, 0.6) is 0 Å². The lowest BCUT2D eigenvalue weighted by atomic mass is 10.1. The molecule has 0 aliphatic heterocycles. The van der Waals surface area contributed by atoms with E-state index >= 15 is 0 Å². The van der Waals surface area contributed by atoms with Gasteiger partial charge in [0.15, 0.2) is 0 Å². The monoisotopic (exact) mass is 528 g/mol. The van der Waals surface area contributed by atoms with Gasteiger partial charge in [-0.2, -0.15) is 61.5 Å². The highest BCUT2D eigenvalue weighted by Gasteiger charge is 2.77. The van der Waals surface area contributed by atoms with Crippen molar-refractivity contribution in [1.29, 1.82) is 0 Å². The number of alkyl halides is 14. The molecule has 2 heterocycles. The standard InChI is InChI=1S/2C7H3F7N2O/c2*8-5(9,6(10,11)7(12,13)14)4(17)16-2-1-15-3-16/h2*1-3H. The Morgan fingerprint density at radius 1 is 0.529 bits per heavy atom. The Hall–Kier alpha value is -3.22. The number of rotatable bonds is 4. The second-order valence-electron chi connectivity index (χ2n) is 5.84. The molecular formula is C14H6F14N4O2. The Kier molecular flexibility index (Phi) is 7.50. The van der Waals surface area contributed by atoms with Crippen LogP contribution in [0.3, 0.4) is 0 Å². The maximum absolute atomic E-state index is 12.8. The van der Waals surface area contributed by atoms with Crippen molar-refractivity contribution in [3.8, 4) is 0 Å². The van der Waals surface area contributed by atoms with Crippen LogP contribution in [-0.2, 0) is 0 Å². The maximum atomic E-state index is 12.8. The maximum Gasteiger partial charge on any atom is 0.460 e. The summed E-state index contributed by atoms with van der Waals surface area (Å²) in [4.78, 5) is 27.8. The largest absolute Gasteiger partial charge is 0.460 e. The molecule has 0 atom stereocenters. The third kappa shape index (κ3) is 4.98. The zero-order valence-electron chi connectivity index (χ0n) is 15.4. The zero-order chi connectivity index (χ0) is 27.0. The first kappa shape index (κ1) is 28.8. The fourth-order valence-corrected chi connectivity index (χ4v) is 1.71. The molecule has 2 aromatic rings. The third-order valence-electron chi connectivity index (χ3n) is 3.52. The number of carbonyl (C=O) groups excluding carboxylic acids is 2. The van der Waals surface area contributed by atoms with Gasteiger partial charge < -0.3 is 0 Å². The highest BCUT2D eigenvalue weighted by atomic mass is 19.4. The molecule has 0 aliphatic rings. The van der Waals surface area contributed by atoms with Crippen molar-refractivity contribution >= 4 is 11.8 Å². The molecule has 192 valence electrons. The van der Waals surface area contributed by atoms with E-state index in [0.29, 0.717) is 25.0 Å². The molecule has 0 saturated heterocycles. The lowest BCUT2D eigenvalue weighted by Gasteiger charge is -2.26. The number of aromatic nitrogens is 4. The first-order valence-corrected chi connectivity index (χ1v) is 7.73. The third-order valence-corrected chi connectivity index (χ3v) is 3.52. The van der Waals surface area contributed by atoms with Gasteiger partial charge in [-0.05, 0) is 0 Å². The molecule has 0 saturated carbocycles. The summed E-state index contributed by atoms with van der Waals surface area (Å²) in [6.45, 7) is 0. The van der Waals surface area contributed by atoms with E-state index in [9.17, 15) is 71.1 Å². The summed E-state index contributed by atoms with van der Waals surface area (Å²) in [5.74, 6) is -30.2. The van der Waals surface area contributed by atoms with Crippen LogP contribution in [0.4, 0.5) is 61.5 Å². The van der Waals surface area contributed by atoms with Gasteiger partial charge in [0.25, 0.3) is 0 Å². The van der Waals surface area contributed by atoms with E-state index in [1.807, 2.05) is 0 Å². The molecule has 0 unspecified atom stereocenters. The van der Waals surface area contributed by atoms with Gasteiger partial charge in [-0.15, -0.1) is 0 Å². The van der Waals surface area contributed by atoms with Gasteiger partial charge in [0.1, 0.15) is 12.7 Å². The summed E-state index contributed by atoms with van der Waals surface area (Å²) in [7, 11) is 0. The van der Waals surface area contributed by atoms with Crippen molar-refractivity contribution in [2.24, 2.45) is 0 Å². The average molecular weight is 528 g/mol.